The molecule has 0 fully saturated rings. The fourth-order valence-corrected chi connectivity index (χ4v) is 4.46. The van der Waals surface area contributed by atoms with E-state index < -0.39 is 0 Å². The van der Waals surface area contributed by atoms with Crippen LogP contribution in [-0.4, -0.2) is 27.7 Å². The lowest BCUT2D eigenvalue weighted by molar-refractivity contribution is -0.119. The molecule has 5 nitrogen and oxygen atoms in total. The number of hydrogen-bond acceptors (Lipinski definition) is 5. The number of thiophene rings is 1. The first-order chi connectivity index (χ1) is 12.3. The fraction of sp³-hybridized carbons (Fsp3) is 0.632. The molecule has 0 aliphatic heterocycles. The van der Waals surface area contributed by atoms with Crippen molar-refractivity contribution < 1.29 is 4.79 Å². The molecule has 0 bridgehead atoms. The zero-order valence-electron chi connectivity index (χ0n) is 16.3. The number of rotatable bonds is 9. The summed E-state index contributed by atoms with van der Waals surface area (Å²) in [5.41, 5.74) is 1.08. The van der Waals surface area contributed by atoms with E-state index >= 15 is 0 Å². The van der Waals surface area contributed by atoms with Gasteiger partial charge < -0.3 is 10.3 Å². The number of carbonyl (C=O) groups is 1. The Labute approximate surface area is 163 Å². The van der Waals surface area contributed by atoms with E-state index in [4.69, 9.17) is 0 Å². The molecule has 144 valence electrons. The molecule has 26 heavy (non-hydrogen) atoms. The Morgan fingerprint density at radius 1 is 1.31 bits per heavy atom. The number of nitrogens with one attached hydrogen (secondary N) is 2. The monoisotopic (exact) mass is 395 g/mol. The van der Waals surface area contributed by atoms with E-state index in [1.807, 2.05) is 13.8 Å². The average molecular weight is 396 g/mol. The smallest absolute Gasteiger partial charge is 0.259 e. The number of hydrogen-bond donors (Lipinski definition) is 2. The molecule has 2 aromatic heterocycles. The molecule has 0 aliphatic rings. The Morgan fingerprint density at radius 2 is 2.04 bits per heavy atom. The van der Waals surface area contributed by atoms with Crippen molar-refractivity contribution in [2.45, 2.75) is 65.7 Å². The largest absolute Gasteiger partial charge is 0.353 e. The van der Waals surface area contributed by atoms with Gasteiger partial charge in [0.15, 0.2) is 0 Å². The third kappa shape index (κ3) is 5.33. The van der Waals surface area contributed by atoms with E-state index in [-0.39, 0.29) is 17.5 Å². The van der Waals surface area contributed by atoms with Gasteiger partial charge in [-0.25, -0.2) is 4.98 Å². The van der Waals surface area contributed by atoms with Crippen LogP contribution >= 0.6 is 23.1 Å². The lowest BCUT2D eigenvalue weighted by atomic mass is 9.98. The van der Waals surface area contributed by atoms with Crippen LogP contribution in [0, 0.1) is 12.8 Å². The van der Waals surface area contributed by atoms with Crippen molar-refractivity contribution in [1.82, 2.24) is 15.3 Å². The molecular weight excluding hydrogens is 366 g/mol. The molecule has 2 atom stereocenters. The van der Waals surface area contributed by atoms with E-state index in [0.29, 0.717) is 23.2 Å². The summed E-state index contributed by atoms with van der Waals surface area (Å²) < 4.78 is 0. The van der Waals surface area contributed by atoms with Gasteiger partial charge in [0, 0.05) is 10.9 Å². The van der Waals surface area contributed by atoms with Crippen LogP contribution in [0.4, 0.5) is 0 Å². The standard InChI is InChI=1S/C19H29N3O2S2/c1-6-11(3)8-14-13(5)26-19-17(14)18(24)21-15(22-19)9-25-10-16(23)20-12(4)7-2/h11-12H,6-10H2,1-5H3,(H,20,23)(H,21,22,24)/t11-,12+/m1/s1. The molecule has 7 heteroatoms. The number of aryl methyl sites for hydroxylation is 1. The van der Waals surface area contributed by atoms with Crippen molar-refractivity contribution in [2.75, 3.05) is 5.75 Å². The van der Waals surface area contributed by atoms with E-state index in [0.717, 1.165) is 35.0 Å². The van der Waals surface area contributed by atoms with Crippen LogP contribution in [0.3, 0.4) is 0 Å². The van der Waals surface area contributed by atoms with Crippen molar-refractivity contribution in [3.63, 3.8) is 0 Å². The summed E-state index contributed by atoms with van der Waals surface area (Å²) in [5.74, 6) is 2.10. The Kier molecular flexibility index (Phi) is 7.70. The summed E-state index contributed by atoms with van der Waals surface area (Å²) in [4.78, 5) is 34.0. The van der Waals surface area contributed by atoms with Crippen LogP contribution < -0.4 is 10.9 Å². The molecule has 0 aromatic carbocycles. The SMILES string of the molecule is CC[C@@H](C)Cc1c(C)sc2nc(CSCC(=O)N[C@@H](C)CC)[nH]c(=O)c12. The first-order valence-corrected chi connectivity index (χ1v) is 11.2. The van der Waals surface area contributed by atoms with Crippen LogP contribution in [0.15, 0.2) is 4.79 Å². The molecule has 0 saturated carbocycles. The minimum atomic E-state index is -0.0580. The molecule has 0 spiro atoms. The summed E-state index contributed by atoms with van der Waals surface area (Å²) in [5, 5.41) is 3.69. The highest BCUT2D eigenvalue weighted by Gasteiger charge is 2.17. The van der Waals surface area contributed by atoms with Crippen LogP contribution in [0.25, 0.3) is 10.2 Å². The van der Waals surface area contributed by atoms with Gasteiger partial charge in [-0.15, -0.1) is 23.1 Å². The van der Waals surface area contributed by atoms with Gasteiger partial charge in [0.25, 0.3) is 5.56 Å². The third-order valence-corrected chi connectivity index (χ3v) is 6.64. The van der Waals surface area contributed by atoms with E-state index in [1.165, 1.54) is 16.6 Å². The first kappa shape index (κ1) is 21.0. The zero-order chi connectivity index (χ0) is 19.3. The van der Waals surface area contributed by atoms with Crippen LogP contribution in [0.2, 0.25) is 0 Å². The number of fused-ring (bicyclic) bond motifs is 1. The van der Waals surface area contributed by atoms with Gasteiger partial charge in [-0.3, -0.25) is 9.59 Å². The maximum atomic E-state index is 12.6. The van der Waals surface area contributed by atoms with E-state index in [1.54, 1.807) is 11.3 Å². The first-order valence-electron chi connectivity index (χ1n) is 9.23. The van der Waals surface area contributed by atoms with Crippen molar-refractivity contribution in [1.29, 1.82) is 0 Å². The molecule has 0 radical (unpaired) electrons. The number of H-pyrrole nitrogens is 1. The Morgan fingerprint density at radius 3 is 2.69 bits per heavy atom. The normalized spacial score (nSPS) is 13.7. The lowest BCUT2D eigenvalue weighted by Gasteiger charge is -2.10. The highest BCUT2D eigenvalue weighted by atomic mass is 32.2. The number of aromatic nitrogens is 2. The van der Waals surface area contributed by atoms with Crippen LogP contribution in [0.5, 0.6) is 0 Å². The molecule has 0 aliphatic carbocycles. The Bertz CT molecular complexity index is 813. The maximum absolute atomic E-state index is 12.6. The molecule has 2 N–H and O–H groups in total. The lowest BCUT2D eigenvalue weighted by Crippen LogP contribution is -2.33. The quantitative estimate of drug-likeness (QED) is 0.672. The predicted molar refractivity (Wildman–Crippen MR) is 112 cm³/mol. The second-order valence-electron chi connectivity index (χ2n) is 6.92. The van der Waals surface area contributed by atoms with Crippen molar-refractivity contribution in [2.24, 2.45) is 5.92 Å². The average Bonchev–Trinajstić information content (AvgIpc) is 2.90. The van der Waals surface area contributed by atoms with Gasteiger partial charge in [0.05, 0.1) is 16.9 Å². The number of carbonyl (C=O) groups excluding carboxylic acids is 1. The predicted octanol–water partition coefficient (Wildman–Crippen LogP) is 4.03. The number of thioether (sulfide) groups is 1. The fourth-order valence-electron chi connectivity index (χ4n) is 2.69. The Hall–Kier alpha value is -1.34. The van der Waals surface area contributed by atoms with Crippen molar-refractivity contribution in [3.05, 3.63) is 26.6 Å². The van der Waals surface area contributed by atoms with Gasteiger partial charge in [-0.05, 0) is 38.2 Å². The maximum Gasteiger partial charge on any atom is 0.259 e. The molecule has 2 aromatic rings. The number of aromatic amines is 1. The van der Waals surface area contributed by atoms with Gasteiger partial charge in [-0.2, -0.15) is 0 Å². The minimum Gasteiger partial charge on any atom is -0.353 e. The topological polar surface area (TPSA) is 74.8 Å². The molecule has 0 saturated heterocycles. The highest BCUT2D eigenvalue weighted by Crippen LogP contribution is 2.29. The Balaban J connectivity index is 2.09. The molecule has 2 heterocycles. The summed E-state index contributed by atoms with van der Waals surface area (Å²) in [6.45, 7) is 10.5. The van der Waals surface area contributed by atoms with E-state index in [9.17, 15) is 9.59 Å². The third-order valence-electron chi connectivity index (χ3n) is 4.65. The molecule has 2 rings (SSSR count). The van der Waals surface area contributed by atoms with Gasteiger partial charge in [0.2, 0.25) is 5.91 Å². The summed E-state index contributed by atoms with van der Waals surface area (Å²) in [6.07, 6.45) is 2.92. The molecular formula is C19H29N3O2S2. The molecule has 0 unspecified atom stereocenters. The van der Waals surface area contributed by atoms with Crippen LogP contribution in [0.1, 0.15) is 56.8 Å². The van der Waals surface area contributed by atoms with Crippen molar-refractivity contribution in [3.8, 4) is 0 Å². The summed E-state index contributed by atoms with van der Waals surface area (Å²) in [7, 11) is 0. The zero-order valence-corrected chi connectivity index (χ0v) is 17.9. The minimum absolute atomic E-state index is 0.0237. The van der Waals surface area contributed by atoms with Gasteiger partial charge in [-0.1, -0.05) is 27.2 Å². The second kappa shape index (κ2) is 9.55. The van der Waals surface area contributed by atoms with Gasteiger partial charge >= 0.3 is 0 Å². The van der Waals surface area contributed by atoms with Crippen LogP contribution in [-0.2, 0) is 17.0 Å². The number of nitrogens with zero attached hydrogens (tertiary/aromatic N) is 1. The molecule has 1 amide bonds. The highest BCUT2D eigenvalue weighted by molar-refractivity contribution is 7.99. The van der Waals surface area contributed by atoms with E-state index in [2.05, 4.69) is 36.1 Å². The summed E-state index contributed by atoms with van der Waals surface area (Å²) >= 11 is 3.06. The summed E-state index contributed by atoms with van der Waals surface area (Å²) in [6, 6.07) is 0.190. The number of amides is 1. The van der Waals surface area contributed by atoms with Gasteiger partial charge in [0.1, 0.15) is 10.7 Å². The van der Waals surface area contributed by atoms with Crippen molar-refractivity contribution >= 4 is 39.2 Å². The second-order valence-corrected chi connectivity index (χ2v) is 9.11.